The Hall–Kier alpha value is -0.810. The Balaban J connectivity index is 1.83. The van der Waals surface area contributed by atoms with Gasteiger partial charge < -0.3 is 10.1 Å². The first kappa shape index (κ1) is 19.0. The number of nitrogens with one attached hydrogen (secondary N) is 1. The molecule has 1 amide bonds. The maximum absolute atomic E-state index is 13.2. The van der Waals surface area contributed by atoms with Gasteiger partial charge in [-0.05, 0) is 36.5 Å². The summed E-state index contributed by atoms with van der Waals surface area (Å²) in [4.78, 5) is 15.4. The van der Waals surface area contributed by atoms with Gasteiger partial charge in [0.1, 0.15) is 6.04 Å². The van der Waals surface area contributed by atoms with Gasteiger partial charge in [-0.15, -0.1) is 0 Å². The highest BCUT2D eigenvalue weighted by molar-refractivity contribution is 6.35. The minimum atomic E-state index is -0.400. The zero-order valence-electron chi connectivity index (χ0n) is 14.6. The van der Waals surface area contributed by atoms with Gasteiger partial charge in [0.2, 0.25) is 5.91 Å². The van der Waals surface area contributed by atoms with Gasteiger partial charge in [-0.3, -0.25) is 9.69 Å². The van der Waals surface area contributed by atoms with Crippen LogP contribution in [0.25, 0.3) is 0 Å². The van der Waals surface area contributed by atoms with Crippen LogP contribution in [-0.2, 0) is 9.53 Å². The monoisotopic (exact) mass is 384 g/mol. The number of amides is 1. The van der Waals surface area contributed by atoms with Gasteiger partial charge in [0.05, 0.1) is 13.2 Å². The van der Waals surface area contributed by atoms with Crippen molar-refractivity contribution in [1.29, 1.82) is 0 Å². The van der Waals surface area contributed by atoms with E-state index in [-0.39, 0.29) is 11.9 Å². The number of rotatable bonds is 4. The molecule has 1 aromatic rings. The van der Waals surface area contributed by atoms with Gasteiger partial charge in [0, 0.05) is 29.2 Å². The Labute approximate surface area is 159 Å². The van der Waals surface area contributed by atoms with Gasteiger partial charge in [-0.25, -0.2) is 0 Å². The number of ether oxygens (including phenoxy) is 1. The van der Waals surface area contributed by atoms with Crippen LogP contribution in [-0.4, -0.2) is 43.2 Å². The molecule has 25 heavy (non-hydrogen) atoms. The molecular formula is C19H26Cl2N2O2. The number of carbonyl (C=O) groups excluding carboxylic acids is 1. The van der Waals surface area contributed by atoms with Crippen molar-refractivity contribution in [2.45, 2.75) is 44.7 Å². The smallest absolute Gasteiger partial charge is 0.242 e. The van der Waals surface area contributed by atoms with Crippen LogP contribution in [0.15, 0.2) is 18.2 Å². The minimum Gasteiger partial charge on any atom is -0.379 e. The molecule has 1 N–H and O–H groups in total. The van der Waals surface area contributed by atoms with Crippen LogP contribution >= 0.6 is 23.2 Å². The fourth-order valence-electron chi connectivity index (χ4n) is 3.86. The Morgan fingerprint density at radius 3 is 2.64 bits per heavy atom. The summed E-state index contributed by atoms with van der Waals surface area (Å²) < 4.78 is 5.45. The minimum absolute atomic E-state index is 0.0323. The van der Waals surface area contributed by atoms with Gasteiger partial charge in [-0.1, -0.05) is 49.0 Å². The first-order chi connectivity index (χ1) is 12.1. The highest BCUT2D eigenvalue weighted by Crippen LogP contribution is 2.32. The zero-order valence-corrected chi connectivity index (χ0v) is 16.2. The van der Waals surface area contributed by atoms with Crippen LogP contribution < -0.4 is 5.32 Å². The number of morpholine rings is 1. The van der Waals surface area contributed by atoms with Crippen LogP contribution in [0, 0.1) is 5.92 Å². The second kappa shape index (κ2) is 8.72. The quantitative estimate of drug-likeness (QED) is 0.850. The molecule has 3 rings (SSSR count). The summed E-state index contributed by atoms with van der Waals surface area (Å²) in [7, 11) is 0. The fourth-order valence-corrected chi connectivity index (χ4v) is 4.37. The van der Waals surface area contributed by atoms with Crippen molar-refractivity contribution >= 4 is 29.1 Å². The van der Waals surface area contributed by atoms with E-state index in [0.717, 1.165) is 25.1 Å². The van der Waals surface area contributed by atoms with Gasteiger partial charge >= 0.3 is 0 Å². The van der Waals surface area contributed by atoms with Crippen LogP contribution in [0.3, 0.4) is 0 Å². The lowest BCUT2D eigenvalue weighted by Crippen LogP contribution is -2.49. The SMILES string of the molecule is C[C@@H]1CCCC[C@@H]1NC(=O)[C@H](c1ccc(Cl)cc1Cl)N1CCOCC1. The average Bonchev–Trinajstić information content (AvgIpc) is 2.60. The van der Waals surface area contributed by atoms with Crippen molar-refractivity contribution in [2.75, 3.05) is 26.3 Å². The van der Waals surface area contributed by atoms with Crippen LogP contribution in [0.1, 0.15) is 44.2 Å². The van der Waals surface area contributed by atoms with Gasteiger partial charge in [0.15, 0.2) is 0 Å². The molecular weight excluding hydrogens is 359 g/mol. The number of halogens is 2. The predicted octanol–water partition coefficient (Wildman–Crippen LogP) is 4.06. The van der Waals surface area contributed by atoms with E-state index < -0.39 is 6.04 Å². The second-order valence-electron chi connectivity index (χ2n) is 7.09. The number of carbonyl (C=O) groups is 1. The number of nitrogens with zero attached hydrogens (tertiary/aromatic N) is 1. The summed E-state index contributed by atoms with van der Waals surface area (Å²) in [5.41, 5.74) is 0.814. The molecule has 2 fully saturated rings. The molecule has 1 aliphatic carbocycles. The maximum Gasteiger partial charge on any atom is 0.242 e. The normalized spacial score (nSPS) is 26.2. The topological polar surface area (TPSA) is 41.6 Å². The molecule has 0 unspecified atom stereocenters. The Kier molecular flexibility index (Phi) is 6.61. The first-order valence-corrected chi connectivity index (χ1v) is 9.89. The molecule has 1 aliphatic heterocycles. The molecule has 0 spiro atoms. The van der Waals surface area contributed by atoms with E-state index in [1.54, 1.807) is 12.1 Å². The van der Waals surface area contributed by atoms with Crippen molar-refractivity contribution in [2.24, 2.45) is 5.92 Å². The average molecular weight is 385 g/mol. The third-order valence-corrected chi connectivity index (χ3v) is 5.92. The fraction of sp³-hybridized carbons (Fsp3) is 0.632. The molecule has 2 aliphatic rings. The molecule has 1 saturated heterocycles. The molecule has 0 aromatic heterocycles. The van der Waals surface area contributed by atoms with Crippen molar-refractivity contribution in [3.05, 3.63) is 33.8 Å². The molecule has 0 bridgehead atoms. The summed E-state index contributed by atoms with van der Waals surface area (Å²) in [5.74, 6) is 0.550. The van der Waals surface area contributed by atoms with Crippen molar-refractivity contribution in [3.8, 4) is 0 Å². The zero-order chi connectivity index (χ0) is 17.8. The molecule has 6 heteroatoms. The standard InChI is InChI=1S/C19H26Cl2N2O2/c1-13-4-2-3-5-17(13)22-19(24)18(23-8-10-25-11-9-23)15-7-6-14(20)12-16(15)21/h6-7,12-13,17-18H,2-5,8-11H2,1H3,(H,22,24)/t13-,17+,18+/m1/s1. The Morgan fingerprint density at radius 1 is 1.24 bits per heavy atom. The molecule has 3 atom stereocenters. The van der Waals surface area contributed by atoms with Crippen LogP contribution in [0.4, 0.5) is 0 Å². The lowest BCUT2D eigenvalue weighted by atomic mass is 9.85. The summed E-state index contributed by atoms with van der Waals surface area (Å²) in [6, 6.07) is 5.22. The maximum atomic E-state index is 13.2. The lowest BCUT2D eigenvalue weighted by Gasteiger charge is -2.36. The third-order valence-electron chi connectivity index (χ3n) is 5.36. The van der Waals surface area contributed by atoms with E-state index in [4.69, 9.17) is 27.9 Å². The predicted molar refractivity (Wildman–Crippen MR) is 101 cm³/mol. The first-order valence-electron chi connectivity index (χ1n) is 9.13. The van der Waals surface area contributed by atoms with E-state index in [9.17, 15) is 4.79 Å². The highest BCUT2D eigenvalue weighted by atomic mass is 35.5. The van der Waals surface area contributed by atoms with Crippen LogP contribution in [0.2, 0.25) is 10.0 Å². The van der Waals surface area contributed by atoms with E-state index in [1.165, 1.54) is 19.3 Å². The summed E-state index contributed by atoms with van der Waals surface area (Å²) >= 11 is 12.5. The lowest BCUT2D eigenvalue weighted by molar-refractivity contribution is -0.129. The number of benzene rings is 1. The Morgan fingerprint density at radius 2 is 1.96 bits per heavy atom. The number of hydrogen-bond acceptors (Lipinski definition) is 3. The van der Waals surface area contributed by atoms with Crippen molar-refractivity contribution in [1.82, 2.24) is 10.2 Å². The summed E-state index contributed by atoms with van der Waals surface area (Å²) in [5, 5.41) is 4.41. The van der Waals surface area contributed by atoms with Gasteiger partial charge in [0.25, 0.3) is 0 Å². The molecule has 1 heterocycles. The third kappa shape index (κ3) is 4.68. The molecule has 4 nitrogen and oxygen atoms in total. The van der Waals surface area contributed by atoms with Gasteiger partial charge in [-0.2, -0.15) is 0 Å². The number of hydrogen-bond donors (Lipinski definition) is 1. The molecule has 0 radical (unpaired) electrons. The van der Waals surface area contributed by atoms with Crippen molar-refractivity contribution < 1.29 is 9.53 Å². The van der Waals surface area contributed by atoms with E-state index in [2.05, 4.69) is 17.1 Å². The van der Waals surface area contributed by atoms with E-state index in [1.807, 2.05) is 6.07 Å². The van der Waals surface area contributed by atoms with Crippen molar-refractivity contribution in [3.63, 3.8) is 0 Å². The van der Waals surface area contributed by atoms with Crippen LogP contribution in [0.5, 0.6) is 0 Å². The largest absolute Gasteiger partial charge is 0.379 e. The Bertz CT molecular complexity index is 605. The second-order valence-corrected chi connectivity index (χ2v) is 7.94. The highest BCUT2D eigenvalue weighted by Gasteiger charge is 2.33. The molecule has 1 aromatic carbocycles. The molecule has 138 valence electrons. The summed E-state index contributed by atoms with van der Waals surface area (Å²) in [6.45, 7) is 4.93. The molecule has 1 saturated carbocycles. The van der Waals surface area contributed by atoms with E-state index >= 15 is 0 Å². The summed E-state index contributed by atoms with van der Waals surface area (Å²) in [6.07, 6.45) is 4.66. The van der Waals surface area contributed by atoms with E-state index in [0.29, 0.717) is 29.2 Å².